The summed E-state index contributed by atoms with van der Waals surface area (Å²) in [5.41, 5.74) is 0.553. The fourth-order valence-electron chi connectivity index (χ4n) is 3.78. The first-order valence-corrected chi connectivity index (χ1v) is 9.96. The van der Waals surface area contributed by atoms with Gasteiger partial charge < -0.3 is 9.64 Å². The molecule has 158 valence electrons. The van der Waals surface area contributed by atoms with Gasteiger partial charge in [-0.15, -0.1) is 23.7 Å². The lowest BCUT2D eigenvalue weighted by Gasteiger charge is -2.47. The van der Waals surface area contributed by atoms with Crippen LogP contribution in [0.25, 0.3) is 10.4 Å². The number of nitrogens with zero attached hydrogens (tertiary/aromatic N) is 2. The molecule has 0 unspecified atom stereocenters. The number of alkyl halides is 3. The lowest BCUT2D eigenvalue weighted by molar-refractivity contribution is -0.137. The minimum atomic E-state index is -4.58. The van der Waals surface area contributed by atoms with E-state index in [-0.39, 0.29) is 35.1 Å². The molecule has 3 saturated heterocycles. The number of carbonyl (C=O) groups is 1. The average Bonchev–Trinajstić information content (AvgIpc) is 3.13. The summed E-state index contributed by atoms with van der Waals surface area (Å²) in [6, 6.07) is 8.57. The number of fused-ring (bicyclic) bond motifs is 3. The van der Waals surface area contributed by atoms with Crippen molar-refractivity contribution in [2.24, 2.45) is 5.41 Å². The van der Waals surface area contributed by atoms with Gasteiger partial charge in [0.25, 0.3) is 0 Å². The number of amides is 1. The van der Waals surface area contributed by atoms with Gasteiger partial charge in [0.05, 0.1) is 11.5 Å². The molecule has 10 heteroatoms. The molecule has 4 heterocycles. The van der Waals surface area contributed by atoms with Gasteiger partial charge in [-0.3, -0.25) is 5.32 Å². The van der Waals surface area contributed by atoms with E-state index in [1.165, 1.54) is 0 Å². The van der Waals surface area contributed by atoms with Gasteiger partial charge in [0, 0.05) is 5.41 Å². The number of nitrogens with one attached hydrogen (secondary N) is 1. The lowest BCUT2D eigenvalue weighted by atomic mass is 9.73. The maximum Gasteiger partial charge on any atom is 0.443 e. The van der Waals surface area contributed by atoms with Gasteiger partial charge in [-0.05, 0) is 44.5 Å². The first-order valence-electron chi connectivity index (χ1n) is 9.14. The Morgan fingerprint density at radius 2 is 1.79 bits per heavy atom. The number of piperidine rings is 3. The van der Waals surface area contributed by atoms with Crippen LogP contribution in [0.15, 0.2) is 30.3 Å². The predicted molar refractivity (Wildman–Crippen MR) is 107 cm³/mol. The molecule has 1 N–H and O–H groups in total. The van der Waals surface area contributed by atoms with E-state index in [2.05, 4.69) is 15.2 Å². The molecule has 0 spiro atoms. The highest BCUT2D eigenvalue weighted by Gasteiger charge is 2.40. The second-order valence-electron chi connectivity index (χ2n) is 7.35. The van der Waals surface area contributed by atoms with Gasteiger partial charge in [-0.1, -0.05) is 30.3 Å². The molecule has 0 aliphatic carbocycles. The normalized spacial score (nSPS) is 23.3. The van der Waals surface area contributed by atoms with Crippen LogP contribution in [-0.4, -0.2) is 42.2 Å². The van der Waals surface area contributed by atoms with Crippen molar-refractivity contribution >= 4 is 35.7 Å². The van der Waals surface area contributed by atoms with Crippen LogP contribution >= 0.6 is 23.7 Å². The first-order chi connectivity index (χ1) is 13.3. The second-order valence-corrected chi connectivity index (χ2v) is 8.35. The van der Waals surface area contributed by atoms with Gasteiger partial charge in [0.2, 0.25) is 5.01 Å². The third-order valence-electron chi connectivity index (χ3n) is 5.51. The predicted octanol–water partition coefficient (Wildman–Crippen LogP) is 5.29. The molecule has 5 nitrogen and oxygen atoms in total. The van der Waals surface area contributed by atoms with E-state index in [4.69, 9.17) is 4.74 Å². The highest BCUT2D eigenvalue weighted by molar-refractivity contribution is 7.15. The summed E-state index contributed by atoms with van der Waals surface area (Å²) in [6.45, 7) is 3.29. The lowest BCUT2D eigenvalue weighted by Crippen LogP contribution is -2.50. The van der Waals surface area contributed by atoms with Crippen molar-refractivity contribution in [2.75, 3.05) is 31.6 Å². The summed E-state index contributed by atoms with van der Waals surface area (Å²) in [7, 11) is 0. The Labute approximate surface area is 176 Å². The second kappa shape index (κ2) is 8.49. The molecule has 3 aliphatic rings. The Hall–Kier alpha value is -1.84. The summed E-state index contributed by atoms with van der Waals surface area (Å²) in [5.74, 6) is -0.121. The molecule has 0 radical (unpaired) electrons. The molecule has 1 aromatic heterocycles. The van der Waals surface area contributed by atoms with Gasteiger partial charge >= 0.3 is 12.3 Å². The van der Waals surface area contributed by atoms with Crippen LogP contribution in [0.2, 0.25) is 0 Å². The first kappa shape index (κ1) is 21.9. The molecule has 5 rings (SSSR count). The molecular formula is C19H21ClF3N3O2S. The Balaban J connectivity index is 0.00000240. The van der Waals surface area contributed by atoms with Crippen molar-refractivity contribution in [1.82, 2.24) is 9.88 Å². The number of halogens is 4. The number of thiazole rings is 1. The summed E-state index contributed by atoms with van der Waals surface area (Å²) in [5, 5.41) is 1.42. The number of benzene rings is 1. The van der Waals surface area contributed by atoms with E-state index < -0.39 is 17.3 Å². The maximum atomic E-state index is 13.1. The standard InChI is InChI=1S/C19H20F3N3O2S.ClH/c20-19(21,22)16-23-15(14(28-16)13-4-2-1-3-5-13)24-17(26)27-12-18-6-9-25(10-7-18)11-8-18;/h1-5H,6-12H2,(H,24,26);1H. The Bertz CT molecular complexity index is 838. The third kappa shape index (κ3) is 4.84. The summed E-state index contributed by atoms with van der Waals surface area (Å²) < 4.78 is 44.8. The van der Waals surface area contributed by atoms with E-state index in [9.17, 15) is 18.0 Å². The number of anilines is 1. The van der Waals surface area contributed by atoms with Crippen LogP contribution in [-0.2, 0) is 10.9 Å². The molecule has 29 heavy (non-hydrogen) atoms. The Morgan fingerprint density at radius 1 is 1.17 bits per heavy atom. The van der Waals surface area contributed by atoms with Crippen molar-refractivity contribution in [1.29, 1.82) is 0 Å². The molecule has 2 aromatic rings. The highest BCUT2D eigenvalue weighted by atomic mass is 35.5. The van der Waals surface area contributed by atoms with Gasteiger partial charge in [-0.2, -0.15) is 13.2 Å². The Kier molecular flexibility index (Phi) is 6.40. The topological polar surface area (TPSA) is 54.5 Å². The van der Waals surface area contributed by atoms with Crippen LogP contribution in [0.5, 0.6) is 0 Å². The number of hydrogen-bond acceptors (Lipinski definition) is 5. The SMILES string of the molecule is Cl.O=C(Nc1nc(C(F)(F)F)sc1-c1ccccc1)OCC12CCN(CC1)CC2. The minimum Gasteiger partial charge on any atom is -0.449 e. The molecule has 3 fully saturated rings. The summed E-state index contributed by atoms with van der Waals surface area (Å²) in [4.78, 5) is 18.6. The zero-order valence-corrected chi connectivity index (χ0v) is 17.1. The van der Waals surface area contributed by atoms with Crippen LogP contribution in [0.4, 0.5) is 23.8 Å². The van der Waals surface area contributed by atoms with Crippen molar-refractivity contribution < 1.29 is 22.7 Å². The largest absolute Gasteiger partial charge is 0.449 e. The zero-order chi connectivity index (χ0) is 19.8. The van der Waals surface area contributed by atoms with E-state index >= 15 is 0 Å². The van der Waals surface area contributed by atoms with Crippen LogP contribution < -0.4 is 5.32 Å². The minimum absolute atomic E-state index is 0. The molecule has 0 saturated carbocycles. The van der Waals surface area contributed by atoms with Crippen LogP contribution in [0.1, 0.15) is 24.3 Å². The van der Waals surface area contributed by atoms with E-state index in [1.807, 2.05) is 0 Å². The quantitative estimate of drug-likeness (QED) is 0.692. The molecule has 2 bridgehead atoms. The number of rotatable bonds is 4. The number of ether oxygens (including phenoxy) is 1. The summed E-state index contributed by atoms with van der Waals surface area (Å²) in [6.07, 6.45) is -2.41. The van der Waals surface area contributed by atoms with Gasteiger partial charge in [0.15, 0.2) is 5.82 Å². The van der Waals surface area contributed by atoms with E-state index in [1.54, 1.807) is 30.3 Å². The molecule has 1 aromatic carbocycles. The van der Waals surface area contributed by atoms with Crippen molar-refractivity contribution in [2.45, 2.75) is 25.4 Å². The third-order valence-corrected chi connectivity index (χ3v) is 6.66. The molecule has 0 atom stereocenters. The number of carbonyl (C=O) groups excluding carboxylic acids is 1. The number of aromatic nitrogens is 1. The monoisotopic (exact) mass is 447 g/mol. The van der Waals surface area contributed by atoms with Crippen LogP contribution in [0, 0.1) is 5.41 Å². The molecular weight excluding hydrogens is 427 g/mol. The summed E-state index contributed by atoms with van der Waals surface area (Å²) >= 11 is 0.506. The molecule has 3 aliphatic heterocycles. The molecule has 1 amide bonds. The maximum absolute atomic E-state index is 13.1. The van der Waals surface area contributed by atoms with E-state index in [0.717, 1.165) is 38.9 Å². The zero-order valence-electron chi connectivity index (χ0n) is 15.5. The van der Waals surface area contributed by atoms with Crippen molar-refractivity contribution in [3.05, 3.63) is 35.3 Å². The van der Waals surface area contributed by atoms with Crippen molar-refractivity contribution in [3.63, 3.8) is 0 Å². The fourth-order valence-corrected chi connectivity index (χ4v) is 4.67. The highest BCUT2D eigenvalue weighted by Crippen LogP contribution is 2.42. The Morgan fingerprint density at radius 3 is 2.38 bits per heavy atom. The number of hydrogen-bond donors (Lipinski definition) is 1. The van der Waals surface area contributed by atoms with Crippen LogP contribution in [0.3, 0.4) is 0 Å². The van der Waals surface area contributed by atoms with Gasteiger partial charge in [0.1, 0.15) is 0 Å². The van der Waals surface area contributed by atoms with Crippen molar-refractivity contribution in [3.8, 4) is 10.4 Å². The fraction of sp³-hybridized carbons (Fsp3) is 0.474. The van der Waals surface area contributed by atoms with E-state index in [0.29, 0.717) is 16.9 Å². The average molecular weight is 448 g/mol. The smallest absolute Gasteiger partial charge is 0.443 e. The van der Waals surface area contributed by atoms with Gasteiger partial charge in [-0.25, -0.2) is 9.78 Å².